The zero-order valence-corrected chi connectivity index (χ0v) is 11.5. The van der Waals surface area contributed by atoms with Gasteiger partial charge in [-0.05, 0) is 11.5 Å². The van der Waals surface area contributed by atoms with Gasteiger partial charge in [0.2, 0.25) is 0 Å². The summed E-state index contributed by atoms with van der Waals surface area (Å²) in [6, 6.07) is 1.43. The molecule has 0 unspecified atom stereocenters. The average molecular weight is 232 g/mol. The predicted octanol–water partition coefficient (Wildman–Crippen LogP) is -3.05. The van der Waals surface area contributed by atoms with Crippen molar-refractivity contribution in [1.82, 2.24) is 15.2 Å². The first-order valence-electron chi connectivity index (χ1n) is 3.10. The van der Waals surface area contributed by atoms with Crippen molar-refractivity contribution in [3.05, 3.63) is 35.0 Å². The van der Waals surface area contributed by atoms with Crippen LogP contribution >= 0.6 is 0 Å². The van der Waals surface area contributed by atoms with Crippen LogP contribution in [0.25, 0.3) is 10.8 Å². The summed E-state index contributed by atoms with van der Waals surface area (Å²) in [4.78, 5) is 14.3. The van der Waals surface area contributed by atoms with Crippen LogP contribution in [0.15, 0.2) is 29.5 Å². The molecule has 4 nitrogen and oxygen atoms in total. The second-order valence-electron chi connectivity index (χ2n) is 2.14. The molecular weight excluding hydrogens is 228 g/mol. The molecular formula is C7H4N3ORb. The van der Waals surface area contributed by atoms with E-state index in [4.69, 9.17) is 0 Å². The first-order valence-corrected chi connectivity index (χ1v) is 3.10. The average Bonchev–Trinajstić information content (AvgIpc) is 2.04. The van der Waals surface area contributed by atoms with Crippen molar-refractivity contribution >= 4 is 10.8 Å². The second-order valence-corrected chi connectivity index (χ2v) is 2.14. The molecule has 54 valence electrons. The van der Waals surface area contributed by atoms with Crippen molar-refractivity contribution in [2.45, 2.75) is 0 Å². The third-order valence-electron chi connectivity index (χ3n) is 1.40. The first-order chi connectivity index (χ1) is 5.36. The number of fused-ring (bicyclic) bond motifs is 1. The Morgan fingerprint density at radius 3 is 2.58 bits per heavy atom. The molecule has 2 aromatic heterocycles. The Morgan fingerprint density at radius 1 is 1.17 bits per heavy atom. The number of rotatable bonds is 0. The molecule has 0 bridgehead atoms. The minimum atomic E-state index is -0.245. The van der Waals surface area contributed by atoms with Crippen LogP contribution in [-0.4, -0.2) is 10.2 Å². The maximum absolute atomic E-state index is 10.7. The van der Waals surface area contributed by atoms with Crippen LogP contribution in [0.4, 0.5) is 0 Å². The third-order valence-corrected chi connectivity index (χ3v) is 1.40. The summed E-state index contributed by atoms with van der Waals surface area (Å²) in [5.74, 6) is 0. The molecule has 0 aromatic carbocycles. The van der Waals surface area contributed by atoms with Gasteiger partial charge in [-0.1, -0.05) is 0 Å². The van der Waals surface area contributed by atoms with E-state index in [0.717, 1.165) is 10.8 Å². The largest absolute Gasteiger partial charge is 1.00 e. The fourth-order valence-corrected chi connectivity index (χ4v) is 0.872. The Morgan fingerprint density at radius 2 is 1.83 bits per heavy atom. The van der Waals surface area contributed by atoms with Crippen molar-refractivity contribution < 1.29 is 58.2 Å². The minimum absolute atomic E-state index is 0. The van der Waals surface area contributed by atoms with E-state index in [2.05, 4.69) is 15.2 Å². The molecule has 0 spiro atoms. The van der Waals surface area contributed by atoms with E-state index in [9.17, 15) is 4.79 Å². The number of hydrogen-bond donors (Lipinski definition) is 0. The number of aromatic nitrogens is 3. The van der Waals surface area contributed by atoms with Crippen molar-refractivity contribution in [2.75, 3.05) is 0 Å². The smallest absolute Gasteiger partial charge is 0.629 e. The molecule has 0 saturated heterocycles. The van der Waals surface area contributed by atoms with Gasteiger partial charge in [-0.25, -0.2) is 0 Å². The molecule has 0 N–H and O–H groups in total. The molecule has 0 atom stereocenters. The maximum atomic E-state index is 10.7. The van der Waals surface area contributed by atoms with E-state index in [1.807, 2.05) is 0 Å². The van der Waals surface area contributed by atoms with E-state index >= 15 is 0 Å². The van der Waals surface area contributed by atoms with E-state index in [1.54, 1.807) is 12.4 Å². The van der Waals surface area contributed by atoms with Crippen LogP contribution in [0.2, 0.25) is 0 Å². The van der Waals surface area contributed by atoms with Crippen LogP contribution in [0.1, 0.15) is 0 Å². The molecule has 5 heteroatoms. The molecule has 2 rings (SSSR count). The van der Waals surface area contributed by atoms with Crippen molar-refractivity contribution in [2.24, 2.45) is 0 Å². The molecule has 0 saturated carbocycles. The van der Waals surface area contributed by atoms with Gasteiger partial charge in [-0.3, -0.25) is 0 Å². The van der Waals surface area contributed by atoms with Crippen molar-refractivity contribution in [3.63, 3.8) is 0 Å². The van der Waals surface area contributed by atoms with Gasteiger partial charge < -0.3 is 9.78 Å². The SMILES string of the molecule is O=c1cc2cnncc2c[n-]1.[Rb+]. The molecule has 0 fully saturated rings. The monoisotopic (exact) mass is 231 g/mol. The van der Waals surface area contributed by atoms with Gasteiger partial charge in [0.25, 0.3) is 0 Å². The summed E-state index contributed by atoms with van der Waals surface area (Å²) in [6.07, 6.45) is 4.60. The van der Waals surface area contributed by atoms with Crippen LogP contribution in [-0.2, 0) is 0 Å². The zero-order chi connectivity index (χ0) is 7.68. The predicted molar refractivity (Wildman–Crippen MR) is 39.1 cm³/mol. The normalized spacial score (nSPS) is 9.33. The Kier molecular flexibility index (Phi) is 3.70. The molecule has 0 amide bonds. The fourth-order valence-electron chi connectivity index (χ4n) is 0.872. The van der Waals surface area contributed by atoms with Gasteiger partial charge in [0.15, 0.2) is 0 Å². The molecule has 0 aliphatic heterocycles. The Labute approximate surface area is 117 Å². The second kappa shape index (κ2) is 4.36. The van der Waals surface area contributed by atoms with Crippen LogP contribution in [0, 0.1) is 0 Å². The quantitative estimate of drug-likeness (QED) is 0.484. The van der Waals surface area contributed by atoms with Gasteiger partial charge in [0.05, 0.1) is 18.0 Å². The summed E-state index contributed by atoms with van der Waals surface area (Å²) in [5.41, 5.74) is -0.245. The molecule has 0 aliphatic rings. The number of hydrogen-bond acceptors (Lipinski definition) is 3. The van der Waals surface area contributed by atoms with Gasteiger partial charge in [-0.15, -0.1) is 0 Å². The molecule has 2 heterocycles. The third kappa shape index (κ3) is 2.07. The summed E-state index contributed by atoms with van der Waals surface area (Å²) < 4.78 is 0. The molecule has 0 aliphatic carbocycles. The molecule has 12 heavy (non-hydrogen) atoms. The summed E-state index contributed by atoms with van der Waals surface area (Å²) >= 11 is 0. The summed E-state index contributed by atoms with van der Waals surface area (Å²) in [7, 11) is 0. The van der Waals surface area contributed by atoms with Crippen molar-refractivity contribution in [3.8, 4) is 0 Å². The van der Waals surface area contributed by atoms with Crippen molar-refractivity contribution in [1.29, 1.82) is 0 Å². The van der Waals surface area contributed by atoms with E-state index in [-0.39, 0.29) is 63.7 Å². The van der Waals surface area contributed by atoms with Crippen LogP contribution < -0.4 is 68.7 Å². The Bertz CT molecular complexity index is 440. The Balaban J connectivity index is 0.000000720. The van der Waals surface area contributed by atoms with Gasteiger partial charge in [0, 0.05) is 5.39 Å². The summed E-state index contributed by atoms with van der Waals surface area (Å²) in [6.45, 7) is 0. The molecule has 2 aromatic rings. The zero-order valence-electron chi connectivity index (χ0n) is 6.56. The minimum Gasteiger partial charge on any atom is -0.629 e. The maximum Gasteiger partial charge on any atom is 1.00 e. The van der Waals surface area contributed by atoms with Crippen LogP contribution in [0.5, 0.6) is 0 Å². The molecule has 0 radical (unpaired) electrons. The first kappa shape index (κ1) is 10.2. The number of nitrogens with zero attached hydrogens (tertiary/aromatic N) is 3. The number of pyridine rings is 1. The van der Waals surface area contributed by atoms with Gasteiger partial charge in [-0.2, -0.15) is 16.4 Å². The fraction of sp³-hybridized carbons (Fsp3) is 0. The van der Waals surface area contributed by atoms with E-state index in [1.165, 1.54) is 12.3 Å². The topological polar surface area (TPSA) is 57.0 Å². The van der Waals surface area contributed by atoms with E-state index < -0.39 is 0 Å². The van der Waals surface area contributed by atoms with Gasteiger partial charge in [0.1, 0.15) is 0 Å². The van der Waals surface area contributed by atoms with Crippen LogP contribution in [0.3, 0.4) is 0 Å². The standard InChI is InChI=1S/C7H5N3O.Rb/c11-7-1-5-3-9-10-4-6(5)2-8-7;/h1-4H,(H,8,10,11);/q;+1/p-1. The Hall–Kier alpha value is 0.0952. The summed E-state index contributed by atoms with van der Waals surface area (Å²) in [5, 5.41) is 8.90. The van der Waals surface area contributed by atoms with E-state index in [0.29, 0.717) is 0 Å². The van der Waals surface area contributed by atoms with Gasteiger partial charge >= 0.3 is 58.2 Å².